The van der Waals surface area contributed by atoms with Gasteiger partial charge in [-0.3, -0.25) is 9.80 Å². The van der Waals surface area contributed by atoms with Crippen LogP contribution in [0.3, 0.4) is 0 Å². The topological polar surface area (TPSA) is 50.3 Å². The van der Waals surface area contributed by atoms with Gasteiger partial charge in [0.1, 0.15) is 0 Å². The number of benzene rings is 2. The molecule has 0 atom stereocenters. The second-order valence-electron chi connectivity index (χ2n) is 9.49. The molecule has 4 rings (SSSR count). The Balaban J connectivity index is 0.00000400. The van der Waals surface area contributed by atoms with Crippen molar-refractivity contribution in [1.29, 1.82) is 0 Å². The van der Waals surface area contributed by atoms with E-state index in [4.69, 9.17) is 0 Å². The highest BCUT2D eigenvalue weighted by atomic mass is 35.5. The van der Waals surface area contributed by atoms with Crippen LogP contribution in [0, 0.1) is 0 Å². The molecule has 2 aliphatic heterocycles. The number of amides is 1. The number of anilines is 3. The Kier molecular flexibility index (Phi) is 9.69. The van der Waals surface area contributed by atoms with E-state index in [-0.39, 0.29) is 50.6 Å². The average molecular weight is 563 g/mol. The fraction of sp³-hybridized carbons (Fsp3) is 0.500. The summed E-state index contributed by atoms with van der Waals surface area (Å²) in [5.74, 6) is -2.63. The predicted molar refractivity (Wildman–Crippen MR) is 140 cm³/mol. The molecule has 0 aliphatic carbocycles. The van der Waals surface area contributed by atoms with E-state index in [9.17, 15) is 31.9 Å². The number of para-hydroxylation sites is 1. The SMILES string of the molecule is Cl.O=C(O)N(CCCN1CCN(c2ccccc2C(F)(F)F)CC1)c1ccc(N2CCC(F)(F)CC2)cc1. The molecule has 0 saturated carbocycles. The molecule has 0 unspecified atom stereocenters. The molecule has 1 N–H and O–H groups in total. The zero-order valence-corrected chi connectivity index (χ0v) is 21.7. The van der Waals surface area contributed by atoms with Crippen LogP contribution in [0.2, 0.25) is 0 Å². The van der Waals surface area contributed by atoms with E-state index in [1.165, 1.54) is 17.0 Å². The van der Waals surface area contributed by atoms with Crippen molar-refractivity contribution in [2.45, 2.75) is 31.4 Å². The maximum atomic E-state index is 13.4. The number of piperazine rings is 1. The highest BCUT2D eigenvalue weighted by Gasteiger charge is 2.35. The highest BCUT2D eigenvalue weighted by molar-refractivity contribution is 5.86. The quantitative estimate of drug-likeness (QED) is 0.416. The third-order valence-corrected chi connectivity index (χ3v) is 7.03. The van der Waals surface area contributed by atoms with E-state index in [1.54, 1.807) is 35.2 Å². The smallest absolute Gasteiger partial charge is 0.418 e. The van der Waals surface area contributed by atoms with Gasteiger partial charge in [-0.05, 0) is 49.4 Å². The summed E-state index contributed by atoms with van der Waals surface area (Å²) >= 11 is 0. The predicted octanol–water partition coefficient (Wildman–Crippen LogP) is 6.06. The maximum absolute atomic E-state index is 13.4. The summed E-state index contributed by atoms with van der Waals surface area (Å²) < 4.78 is 66.9. The van der Waals surface area contributed by atoms with Crippen LogP contribution in [0.5, 0.6) is 0 Å². The van der Waals surface area contributed by atoms with Crippen LogP contribution in [0.1, 0.15) is 24.8 Å². The Hall–Kier alpha value is -2.79. The summed E-state index contributed by atoms with van der Waals surface area (Å²) in [4.78, 5) is 18.9. The van der Waals surface area contributed by atoms with Gasteiger partial charge in [0.15, 0.2) is 0 Å². The van der Waals surface area contributed by atoms with Gasteiger partial charge < -0.3 is 14.9 Å². The minimum atomic E-state index is -4.41. The molecule has 2 fully saturated rings. The lowest BCUT2D eigenvalue weighted by Crippen LogP contribution is -2.47. The first-order valence-electron chi connectivity index (χ1n) is 12.4. The van der Waals surface area contributed by atoms with E-state index in [1.807, 2.05) is 4.90 Å². The second kappa shape index (κ2) is 12.4. The summed E-state index contributed by atoms with van der Waals surface area (Å²) in [6, 6.07) is 12.5. The van der Waals surface area contributed by atoms with Crippen LogP contribution < -0.4 is 14.7 Å². The Morgan fingerprint density at radius 3 is 2.08 bits per heavy atom. The summed E-state index contributed by atoms with van der Waals surface area (Å²) in [7, 11) is 0. The van der Waals surface area contributed by atoms with Gasteiger partial charge in [0.2, 0.25) is 0 Å². The fourth-order valence-electron chi connectivity index (χ4n) is 4.92. The van der Waals surface area contributed by atoms with Gasteiger partial charge in [-0.1, -0.05) is 12.1 Å². The summed E-state index contributed by atoms with van der Waals surface area (Å²) in [5.41, 5.74) is 0.847. The molecule has 0 bridgehead atoms. The number of alkyl halides is 5. The van der Waals surface area contributed by atoms with Crippen molar-refractivity contribution in [3.05, 3.63) is 54.1 Å². The number of carboxylic acid groups (broad SMARTS) is 1. The van der Waals surface area contributed by atoms with E-state index in [0.29, 0.717) is 44.8 Å². The van der Waals surface area contributed by atoms with Crippen molar-refractivity contribution in [3.8, 4) is 0 Å². The van der Waals surface area contributed by atoms with Gasteiger partial charge >= 0.3 is 12.3 Å². The summed E-state index contributed by atoms with van der Waals surface area (Å²) in [5, 5.41) is 9.71. The monoisotopic (exact) mass is 562 g/mol. The Morgan fingerprint density at radius 1 is 0.895 bits per heavy atom. The molecule has 12 heteroatoms. The van der Waals surface area contributed by atoms with Gasteiger partial charge in [-0.25, -0.2) is 13.6 Å². The van der Waals surface area contributed by atoms with Gasteiger partial charge in [-0.15, -0.1) is 12.4 Å². The van der Waals surface area contributed by atoms with Crippen LogP contribution in [0.25, 0.3) is 0 Å². The standard InChI is InChI=1S/C26H31F5N4O2.ClH/c27-25(28)10-14-33(15-11-25)20-6-8-21(9-7-20)35(24(36)37)13-3-12-32-16-18-34(19-17-32)23-5-2-1-4-22(23)26(29,30)31;/h1-2,4-9H,3,10-19H2,(H,36,37);1H. The number of halogens is 6. The van der Waals surface area contributed by atoms with Gasteiger partial charge in [0, 0.05) is 75.7 Å². The molecular weight excluding hydrogens is 531 g/mol. The van der Waals surface area contributed by atoms with Crippen molar-refractivity contribution < 1.29 is 31.9 Å². The molecule has 2 aromatic carbocycles. The number of nitrogens with zero attached hydrogens (tertiary/aromatic N) is 4. The lowest BCUT2D eigenvalue weighted by molar-refractivity contribution is -0.137. The minimum absolute atomic E-state index is 0. The number of rotatable bonds is 7. The third-order valence-electron chi connectivity index (χ3n) is 7.03. The van der Waals surface area contributed by atoms with Crippen molar-refractivity contribution in [2.24, 2.45) is 0 Å². The average Bonchev–Trinajstić information content (AvgIpc) is 2.86. The van der Waals surface area contributed by atoms with Crippen LogP contribution in [-0.4, -0.2) is 74.4 Å². The van der Waals surface area contributed by atoms with E-state index >= 15 is 0 Å². The summed E-state index contributed by atoms with van der Waals surface area (Å²) in [6.45, 7) is 3.49. The molecule has 6 nitrogen and oxygen atoms in total. The zero-order chi connectivity index (χ0) is 26.6. The van der Waals surface area contributed by atoms with Gasteiger partial charge in [0.25, 0.3) is 5.92 Å². The number of hydrogen-bond donors (Lipinski definition) is 1. The number of piperidine rings is 1. The van der Waals surface area contributed by atoms with Crippen LogP contribution in [0.15, 0.2) is 48.5 Å². The minimum Gasteiger partial charge on any atom is -0.465 e. The van der Waals surface area contributed by atoms with E-state index in [2.05, 4.69) is 4.90 Å². The van der Waals surface area contributed by atoms with E-state index < -0.39 is 23.8 Å². The molecule has 2 heterocycles. The normalized spacial score (nSPS) is 18.1. The van der Waals surface area contributed by atoms with Crippen LogP contribution >= 0.6 is 12.4 Å². The first-order chi connectivity index (χ1) is 17.5. The summed E-state index contributed by atoms with van der Waals surface area (Å²) in [6.07, 6.45) is -5.32. The van der Waals surface area contributed by atoms with Crippen molar-refractivity contribution in [1.82, 2.24) is 4.90 Å². The number of hydrogen-bond acceptors (Lipinski definition) is 4. The van der Waals surface area contributed by atoms with Crippen molar-refractivity contribution in [3.63, 3.8) is 0 Å². The molecule has 2 aromatic rings. The Labute approximate surface area is 225 Å². The lowest BCUT2D eigenvalue weighted by atomic mass is 10.1. The number of carbonyl (C=O) groups is 1. The Morgan fingerprint density at radius 2 is 1.50 bits per heavy atom. The zero-order valence-electron chi connectivity index (χ0n) is 20.8. The molecule has 2 saturated heterocycles. The first-order valence-corrected chi connectivity index (χ1v) is 12.4. The highest BCUT2D eigenvalue weighted by Crippen LogP contribution is 2.37. The molecule has 38 heavy (non-hydrogen) atoms. The molecule has 0 radical (unpaired) electrons. The maximum Gasteiger partial charge on any atom is 0.418 e. The third kappa shape index (κ3) is 7.41. The van der Waals surface area contributed by atoms with Crippen molar-refractivity contribution in [2.75, 3.05) is 67.1 Å². The van der Waals surface area contributed by atoms with Crippen LogP contribution in [-0.2, 0) is 6.18 Å². The molecular formula is C26H32ClF5N4O2. The molecule has 210 valence electrons. The largest absolute Gasteiger partial charge is 0.465 e. The van der Waals surface area contributed by atoms with Crippen LogP contribution in [0.4, 0.5) is 43.8 Å². The van der Waals surface area contributed by atoms with Crippen molar-refractivity contribution >= 4 is 35.6 Å². The second-order valence-corrected chi connectivity index (χ2v) is 9.49. The van der Waals surface area contributed by atoms with Gasteiger partial charge in [0.05, 0.1) is 5.56 Å². The molecule has 0 spiro atoms. The fourth-order valence-corrected chi connectivity index (χ4v) is 4.92. The molecule has 1 amide bonds. The molecule has 0 aromatic heterocycles. The van der Waals surface area contributed by atoms with E-state index in [0.717, 1.165) is 11.8 Å². The first kappa shape index (κ1) is 29.8. The lowest BCUT2D eigenvalue weighted by Gasteiger charge is -2.37. The molecule has 2 aliphatic rings. The van der Waals surface area contributed by atoms with Gasteiger partial charge in [-0.2, -0.15) is 13.2 Å². The Bertz CT molecular complexity index is 1050.